The maximum atomic E-state index is 13.3. The molecule has 0 aliphatic carbocycles. The van der Waals surface area contributed by atoms with Crippen LogP contribution < -0.4 is 10.2 Å². The van der Waals surface area contributed by atoms with E-state index in [9.17, 15) is 18.4 Å². The smallest absolute Gasteiger partial charge is 0.357 e. The molecular weight excluding hydrogens is 507 g/mol. The number of nitriles is 1. The number of pyridine rings is 2. The number of nitrogens with one attached hydrogen (secondary N) is 2. The van der Waals surface area contributed by atoms with Gasteiger partial charge in [0, 0.05) is 48.7 Å². The van der Waals surface area contributed by atoms with Crippen molar-refractivity contribution < 1.29 is 13.2 Å². The Morgan fingerprint density at radius 3 is 2.54 bits per heavy atom. The predicted molar refractivity (Wildman–Crippen MR) is 142 cm³/mol. The Morgan fingerprint density at radius 2 is 1.90 bits per heavy atom. The molecule has 4 aromatic rings. The van der Waals surface area contributed by atoms with Crippen LogP contribution in [-0.4, -0.2) is 63.0 Å². The van der Waals surface area contributed by atoms with Crippen LogP contribution in [0.4, 0.5) is 24.9 Å². The van der Waals surface area contributed by atoms with Gasteiger partial charge in [0.1, 0.15) is 17.5 Å². The van der Waals surface area contributed by atoms with Crippen molar-refractivity contribution in [2.24, 2.45) is 0 Å². The highest BCUT2D eigenvalue weighted by molar-refractivity contribution is 5.94. The van der Waals surface area contributed by atoms with Gasteiger partial charge in [0.05, 0.1) is 29.1 Å². The highest BCUT2D eigenvalue weighted by atomic mass is 19.4. The van der Waals surface area contributed by atoms with Crippen molar-refractivity contribution in [3.63, 3.8) is 0 Å². The van der Waals surface area contributed by atoms with Gasteiger partial charge >= 0.3 is 6.18 Å². The minimum Gasteiger partial charge on any atom is -0.357 e. The molecule has 1 atom stereocenters. The fourth-order valence-corrected chi connectivity index (χ4v) is 4.82. The number of fused-ring (bicyclic) bond motifs is 1. The van der Waals surface area contributed by atoms with Crippen molar-refractivity contribution in [3.05, 3.63) is 59.7 Å². The molecule has 0 bridgehead atoms. The molecule has 1 aliphatic rings. The molecule has 1 fully saturated rings. The van der Waals surface area contributed by atoms with Crippen molar-refractivity contribution in [2.75, 3.05) is 37.4 Å². The van der Waals surface area contributed by atoms with E-state index in [2.05, 4.69) is 54.1 Å². The molecular formula is C27H28F3N9. The van der Waals surface area contributed by atoms with Crippen molar-refractivity contribution in [1.82, 2.24) is 29.8 Å². The Morgan fingerprint density at radius 1 is 1.13 bits per heavy atom. The third-order valence-electron chi connectivity index (χ3n) is 7.16. The maximum absolute atomic E-state index is 13.3. The summed E-state index contributed by atoms with van der Waals surface area (Å²) in [6, 6.07) is 7.42. The topological polar surface area (TPSA) is 110 Å². The first-order chi connectivity index (χ1) is 18.6. The van der Waals surface area contributed by atoms with Crippen LogP contribution in [0.1, 0.15) is 42.5 Å². The molecule has 0 radical (unpaired) electrons. The van der Waals surface area contributed by atoms with Crippen molar-refractivity contribution in [3.8, 4) is 17.3 Å². The quantitative estimate of drug-likeness (QED) is 0.355. The molecule has 4 aromatic heterocycles. The monoisotopic (exact) mass is 535 g/mol. The van der Waals surface area contributed by atoms with E-state index in [1.54, 1.807) is 0 Å². The van der Waals surface area contributed by atoms with Crippen molar-refractivity contribution >= 4 is 22.8 Å². The molecule has 1 unspecified atom stereocenters. The Kier molecular flexibility index (Phi) is 7.10. The van der Waals surface area contributed by atoms with E-state index in [1.165, 1.54) is 12.4 Å². The summed E-state index contributed by atoms with van der Waals surface area (Å²) in [6.45, 7) is 3.85. The SMILES string of the molecule is CC(Nc1ncc(C#N)c(-c2c[nH]c3ncc(C(F)(F)F)cc23)n1)c1ccc(N2CCC(N(C)C)CC2)nc1. The molecule has 9 nitrogen and oxygen atoms in total. The third-order valence-corrected chi connectivity index (χ3v) is 7.16. The van der Waals surface area contributed by atoms with Crippen LogP contribution in [0.25, 0.3) is 22.3 Å². The van der Waals surface area contributed by atoms with Crippen molar-refractivity contribution in [2.45, 2.75) is 38.0 Å². The van der Waals surface area contributed by atoms with Crippen molar-refractivity contribution in [1.29, 1.82) is 5.26 Å². The van der Waals surface area contributed by atoms with Gasteiger partial charge in [0.15, 0.2) is 0 Å². The van der Waals surface area contributed by atoms with Crippen LogP contribution in [-0.2, 0) is 6.18 Å². The van der Waals surface area contributed by atoms with Gasteiger partial charge in [-0.1, -0.05) is 6.07 Å². The number of rotatable bonds is 6. The Labute approximate surface area is 223 Å². The summed E-state index contributed by atoms with van der Waals surface area (Å²) in [5, 5.41) is 13.1. The number of hydrogen-bond donors (Lipinski definition) is 2. The van der Waals surface area contributed by atoms with Gasteiger partial charge in [0.2, 0.25) is 5.95 Å². The first kappa shape index (κ1) is 26.4. The lowest BCUT2D eigenvalue weighted by atomic mass is 10.0. The average molecular weight is 536 g/mol. The summed E-state index contributed by atoms with van der Waals surface area (Å²) in [7, 11) is 4.23. The average Bonchev–Trinajstić information content (AvgIpc) is 3.36. The number of H-pyrrole nitrogens is 1. The van der Waals surface area contributed by atoms with Gasteiger partial charge in [-0.05, 0) is 51.6 Å². The Balaban J connectivity index is 1.35. The minimum atomic E-state index is -4.55. The first-order valence-corrected chi connectivity index (χ1v) is 12.6. The number of anilines is 2. The summed E-state index contributed by atoms with van der Waals surface area (Å²) in [5.41, 5.74) is 0.985. The summed E-state index contributed by atoms with van der Waals surface area (Å²) in [4.78, 5) is 24.7. The highest BCUT2D eigenvalue weighted by Gasteiger charge is 2.32. The second-order valence-electron chi connectivity index (χ2n) is 9.89. The van der Waals surface area contributed by atoms with Crippen LogP contribution in [0.15, 0.2) is 43.0 Å². The van der Waals surface area contributed by atoms with Crippen LogP contribution in [0.3, 0.4) is 0 Å². The second-order valence-corrected chi connectivity index (χ2v) is 9.89. The molecule has 12 heteroatoms. The molecule has 0 spiro atoms. The Bertz CT molecular complexity index is 1500. The van der Waals surface area contributed by atoms with E-state index < -0.39 is 11.7 Å². The highest BCUT2D eigenvalue weighted by Crippen LogP contribution is 2.35. The number of aromatic amines is 1. The van der Waals surface area contributed by atoms with Crippen LogP contribution in [0.5, 0.6) is 0 Å². The molecule has 1 aliphatic heterocycles. The lowest BCUT2D eigenvalue weighted by molar-refractivity contribution is -0.137. The maximum Gasteiger partial charge on any atom is 0.417 e. The molecule has 0 saturated carbocycles. The van der Waals surface area contributed by atoms with Gasteiger partial charge in [-0.25, -0.2) is 19.9 Å². The molecule has 0 aromatic carbocycles. The van der Waals surface area contributed by atoms with E-state index >= 15 is 0 Å². The molecule has 5 rings (SSSR count). The van der Waals surface area contributed by atoms with E-state index in [-0.39, 0.29) is 34.3 Å². The number of aromatic nitrogens is 5. The zero-order chi connectivity index (χ0) is 27.7. The summed E-state index contributed by atoms with van der Waals surface area (Å²) >= 11 is 0. The molecule has 202 valence electrons. The Hall–Kier alpha value is -4.24. The predicted octanol–water partition coefficient (Wildman–Crippen LogP) is 5.01. The van der Waals surface area contributed by atoms with Gasteiger partial charge in [-0.15, -0.1) is 0 Å². The van der Waals surface area contributed by atoms with Gasteiger partial charge < -0.3 is 20.1 Å². The van der Waals surface area contributed by atoms with E-state index in [0.717, 1.165) is 49.6 Å². The summed E-state index contributed by atoms with van der Waals surface area (Å²) in [5.74, 6) is 1.17. The van der Waals surface area contributed by atoms with E-state index in [4.69, 9.17) is 0 Å². The van der Waals surface area contributed by atoms with E-state index in [0.29, 0.717) is 11.6 Å². The number of halogens is 3. The van der Waals surface area contributed by atoms with Crippen LogP contribution in [0.2, 0.25) is 0 Å². The summed E-state index contributed by atoms with van der Waals surface area (Å²) < 4.78 is 39.9. The second kappa shape index (κ2) is 10.5. The number of nitrogens with zero attached hydrogens (tertiary/aromatic N) is 7. The minimum absolute atomic E-state index is 0.135. The fourth-order valence-electron chi connectivity index (χ4n) is 4.82. The van der Waals surface area contributed by atoms with Gasteiger partial charge in [-0.2, -0.15) is 18.4 Å². The lowest BCUT2D eigenvalue weighted by Gasteiger charge is -2.35. The standard InChI is InChI=1S/C27H28F3N9/c1-16(17-4-5-23(32-12-17)39-8-6-20(7-9-39)38(2)3)36-26-35-13-18(11-31)24(37-26)22-15-34-25-21(22)10-19(14-33-25)27(28,29)30/h4-5,10,12-16,20H,6-9H2,1-3H3,(H,33,34)(H,35,36,37). The number of piperidine rings is 1. The van der Waals surface area contributed by atoms with Gasteiger partial charge in [0.25, 0.3) is 0 Å². The van der Waals surface area contributed by atoms with Gasteiger partial charge in [-0.3, -0.25) is 0 Å². The van der Waals surface area contributed by atoms with Crippen LogP contribution in [0, 0.1) is 11.3 Å². The molecule has 1 saturated heterocycles. The first-order valence-electron chi connectivity index (χ1n) is 12.6. The van der Waals surface area contributed by atoms with Crippen LogP contribution >= 0.6 is 0 Å². The number of hydrogen-bond acceptors (Lipinski definition) is 8. The zero-order valence-corrected chi connectivity index (χ0v) is 21.8. The number of alkyl halides is 3. The van der Waals surface area contributed by atoms with E-state index in [1.807, 2.05) is 31.3 Å². The zero-order valence-electron chi connectivity index (χ0n) is 21.8. The lowest BCUT2D eigenvalue weighted by Crippen LogP contribution is -2.42. The fraction of sp³-hybridized carbons (Fsp3) is 0.370. The molecule has 0 amide bonds. The molecule has 5 heterocycles. The third kappa shape index (κ3) is 5.49. The summed E-state index contributed by atoms with van der Waals surface area (Å²) in [6.07, 6.45) is 3.09. The normalized spacial score (nSPS) is 15.5. The largest absolute Gasteiger partial charge is 0.417 e. The molecule has 2 N–H and O–H groups in total. The molecule has 39 heavy (non-hydrogen) atoms.